The average molecular weight is 424 g/mol. The molecule has 5 heteroatoms. The summed E-state index contributed by atoms with van der Waals surface area (Å²) in [6.07, 6.45) is 0. The molecule has 0 saturated carbocycles. The predicted molar refractivity (Wildman–Crippen MR) is 52.8 cm³/mol. The first-order valence-corrected chi connectivity index (χ1v) is 7.43. The summed E-state index contributed by atoms with van der Waals surface area (Å²) < 4.78 is 0.317. The van der Waals surface area contributed by atoms with E-state index in [1.807, 2.05) is 0 Å². The molecule has 4 radical (unpaired) electrons. The van der Waals surface area contributed by atoms with Gasteiger partial charge in [0.2, 0.25) is 0 Å². The van der Waals surface area contributed by atoms with Crippen molar-refractivity contribution in [2.75, 3.05) is 0 Å². The topological polar surface area (TPSA) is 0 Å². The molecule has 0 aliphatic heterocycles. The molecule has 0 nitrogen and oxygen atoms in total. The van der Waals surface area contributed by atoms with Crippen molar-refractivity contribution in [1.29, 1.82) is 0 Å². The molecule has 1 heterocycles. The van der Waals surface area contributed by atoms with Crippen LogP contribution in [-0.2, 0) is 3.21 Å². The Kier molecular flexibility index (Phi) is 4.27. The van der Waals surface area contributed by atoms with Gasteiger partial charge in [-0.2, -0.15) is 0 Å². The molecule has 0 aliphatic rings. The summed E-state index contributed by atoms with van der Waals surface area (Å²) in [7, 11) is 0. The van der Waals surface area contributed by atoms with E-state index < -0.39 is 0 Å². The molecule has 0 atom stereocenters. The van der Waals surface area contributed by atoms with Gasteiger partial charge < -0.3 is 0 Å². The molecule has 1 rings (SSSR count). The van der Waals surface area contributed by atoms with Crippen molar-refractivity contribution in [3.05, 3.63) is 22.4 Å². The number of hydrogen-bond acceptors (Lipinski definition) is 1. The normalized spacial score (nSPS) is 12.5. The minimum absolute atomic E-state index is 0.0278. The van der Waals surface area contributed by atoms with Crippen LogP contribution in [0.25, 0.3) is 0 Å². The molecular formula is C6H4SSe4. The Hall–Kier alpha value is 1.78. The first-order chi connectivity index (χ1) is 5.05. The van der Waals surface area contributed by atoms with E-state index in [0.717, 1.165) is 0 Å². The van der Waals surface area contributed by atoms with Crippen LogP contribution in [0.5, 0.6) is 0 Å². The van der Waals surface area contributed by atoms with Crippen LogP contribution in [0.15, 0.2) is 16.8 Å². The Bertz CT molecular complexity index is 216. The van der Waals surface area contributed by atoms with Gasteiger partial charge in [-0.25, -0.2) is 0 Å². The van der Waals surface area contributed by atoms with Crippen molar-refractivity contribution in [2.45, 2.75) is 6.93 Å². The molecule has 0 saturated heterocycles. The van der Waals surface area contributed by atoms with Gasteiger partial charge in [0.15, 0.2) is 0 Å². The van der Waals surface area contributed by atoms with Crippen LogP contribution in [0, 0.1) is 0 Å². The summed E-state index contributed by atoms with van der Waals surface area (Å²) in [5.41, 5.74) is 1.30. The number of thiophene rings is 1. The Morgan fingerprint density at radius 3 is 2.36 bits per heavy atom. The van der Waals surface area contributed by atoms with Crippen molar-refractivity contribution in [3.8, 4) is 0 Å². The third-order valence-corrected chi connectivity index (χ3v) is 8.40. The molecule has 58 valence electrons. The van der Waals surface area contributed by atoms with Crippen molar-refractivity contribution in [1.82, 2.24) is 0 Å². The Balaban J connectivity index is 2.90. The fourth-order valence-corrected chi connectivity index (χ4v) is 2.75. The van der Waals surface area contributed by atoms with Crippen LogP contribution in [0.1, 0.15) is 5.56 Å². The minimum atomic E-state index is -0.0278. The van der Waals surface area contributed by atoms with Gasteiger partial charge in [-0.05, 0) is 0 Å². The number of hydrogen-bond donors (Lipinski definition) is 0. The van der Waals surface area contributed by atoms with Gasteiger partial charge >= 0.3 is 105 Å². The molecular weight excluding hydrogens is 420 g/mol. The second-order valence-corrected chi connectivity index (χ2v) is 10.3. The molecule has 0 bridgehead atoms. The quantitative estimate of drug-likeness (QED) is 0.601. The average Bonchev–Trinajstić information content (AvgIpc) is 2.37. The van der Waals surface area contributed by atoms with Gasteiger partial charge in [-0.15, -0.1) is 0 Å². The van der Waals surface area contributed by atoms with E-state index in [9.17, 15) is 0 Å². The van der Waals surface area contributed by atoms with Gasteiger partial charge in [-0.1, -0.05) is 0 Å². The molecule has 0 fully saturated rings. The molecule has 1 aromatic rings. The molecule has 1 aromatic heterocycles. The van der Waals surface area contributed by atoms with E-state index in [1.54, 1.807) is 11.3 Å². The van der Waals surface area contributed by atoms with Crippen LogP contribution < -0.4 is 0 Å². The van der Waals surface area contributed by atoms with Gasteiger partial charge in [0.05, 0.1) is 0 Å². The van der Waals surface area contributed by atoms with E-state index in [0.29, 0.717) is 3.71 Å². The maximum absolute atomic E-state index is 3.14. The predicted octanol–water partition coefficient (Wildman–Crippen LogP) is 0.321. The molecule has 0 amide bonds. The van der Waals surface area contributed by atoms with Crippen molar-refractivity contribution in [3.63, 3.8) is 0 Å². The van der Waals surface area contributed by atoms with E-state index in [2.05, 4.69) is 80.9 Å². The Morgan fingerprint density at radius 2 is 2.00 bits per heavy atom. The molecule has 11 heavy (non-hydrogen) atoms. The van der Waals surface area contributed by atoms with E-state index in [1.165, 1.54) is 5.56 Å². The van der Waals surface area contributed by atoms with E-state index in [-0.39, 0.29) is 3.21 Å². The first-order valence-electron chi connectivity index (χ1n) is 2.80. The zero-order valence-electron chi connectivity index (χ0n) is 5.35. The zero-order chi connectivity index (χ0) is 8.48. The van der Waals surface area contributed by atoms with Crippen molar-refractivity contribution >= 4 is 75.4 Å². The Labute approximate surface area is 104 Å². The van der Waals surface area contributed by atoms with Crippen LogP contribution in [0.3, 0.4) is 0 Å². The fraction of sp³-hybridized carbons (Fsp3) is 0.333. The summed E-state index contributed by atoms with van der Waals surface area (Å²) in [5.74, 6) is 0. The molecule has 0 unspecified atom stereocenters. The van der Waals surface area contributed by atoms with E-state index in [4.69, 9.17) is 0 Å². The SMILES string of the molecule is [Se]C([Se])C([Se])([Se])c1ccsc1. The zero-order valence-corrected chi connectivity index (χ0v) is 13.0. The third kappa shape index (κ3) is 2.61. The van der Waals surface area contributed by atoms with Gasteiger partial charge in [0.1, 0.15) is 0 Å². The van der Waals surface area contributed by atoms with Crippen molar-refractivity contribution in [2.24, 2.45) is 0 Å². The second kappa shape index (κ2) is 4.33. The summed E-state index contributed by atoms with van der Waals surface area (Å²) in [6.45, 7) is 0. The molecule has 0 spiro atoms. The summed E-state index contributed by atoms with van der Waals surface area (Å²) in [4.78, 5) is 0. The van der Waals surface area contributed by atoms with Crippen LogP contribution in [0.4, 0.5) is 0 Å². The van der Waals surface area contributed by atoms with Crippen molar-refractivity contribution < 1.29 is 0 Å². The second-order valence-electron chi connectivity index (χ2n) is 2.01. The molecule has 0 aliphatic carbocycles. The van der Waals surface area contributed by atoms with Gasteiger partial charge in [-0.3, -0.25) is 0 Å². The van der Waals surface area contributed by atoms with Gasteiger partial charge in [0.25, 0.3) is 0 Å². The summed E-state index contributed by atoms with van der Waals surface area (Å²) in [5, 5.41) is 4.23. The van der Waals surface area contributed by atoms with Gasteiger partial charge in [0, 0.05) is 0 Å². The summed E-state index contributed by atoms with van der Waals surface area (Å²) >= 11 is 14.1. The van der Waals surface area contributed by atoms with Crippen LogP contribution in [0.2, 0.25) is 3.71 Å². The standard InChI is InChI=1S/C6H4SSe4/c8-5(9)6(10,11)4-1-2-7-3-4/h1-3,5H. The van der Waals surface area contributed by atoms with E-state index >= 15 is 0 Å². The fourth-order valence-electron chi connectivity index (χ4n) is 0.599. The molecule has 0 aromatic carbocycles. The summed E-state index contributed by atoms with van der Waals surface area (Å²) in [6, 6.07) is 2.12. The first kappa shape index (κ1) is 10.9. The maximum atomic E-state index is 3.14. The van der Waals surface area contributed by atoms with Crippen LogP contribution >= 0.6 is 11.3 Å². The molecule has 0 N–H and O–H groups in total. The van der Waals surface area contributed by atoms with Crippen LogP contribution in [-0.4, -0.2) is 64.1 Å². The number of rotatable bonds is 2. The third-order valence-electron chi connectivity index (χ3n) is 1.23. The Morgan fingerprint density at radius 1 is 1.36 bits per heavy atom. The monoisotopic (exact) mass is 428 g/mol.